The number of methoxy groups -OCH3 is 3. The summed E-state index contributed by atoms with van der Waals surface area (Å²) in [7, 11) is 4.71. The van der Waals surface area contributed by atoms with Crippen LogP contribution in [0.2, 0.25) is 0 Å². The third-order valence-corrected chi connectivity index (χ3v) is 3.87. The molecule has 2 aromatic rings. The maximum atomic E-state index is 12.0. The highest BCUT2D eigenvalue weighted by Crippen LogP contribution is 2.30. The van der Waals surface area contributed by atoms with Crippen molar-refractivity contribution in [2.45, 2.75) is 0 Å². The van der Waals surface area contributed by atoms with E-state index in [0.29, 0.717) is 17.2 Å². The smallest absolute Gasteiger partial charge is 0.248 e. The molecule has 0 atom stereocenters. The molecule has 1 amide bonds. The Morgan fingerprint density at radius 3 is 2.25 bits per heavy atom. The number of halogens is 1. The first-order valence-corrected chi connectivity index (χ1v) is 7.91. The van der Waals surface area contributed by atoms with Gasteiger partial charge in [0.2, 0.25) is 5.91 Å². The summed E-state index contributed by atoms with van der Waals surface area (Å²) in [5.41, 5.74) is 1.50. The van der Waals surface area contributed by atoms with Crippen LogP contribution in [0.25, 0.3) is 6.08 Å². The van der Waals surface area contributed by atoms with E-state index in [0.717, 1.165) is 15.8 Å². The van der Waals surface area contributed by atoms with E-state index in [-0.39, 0.29) is 5.91 Å². The number of ether oxygens (including phenoxy) is 3. The number of carbonyl (C=O) groups is 1. The average Bonchev–Trinajstić information content (AvgIpc) is 2.60. The quantitative estimate of drug-likeness (QED) is 0.752. The van der Waals surface area contributed by atoms with Crippen molar-refractivity contribution in [1.29, 1.82) is 0 Å². The number of nitrogens with one attached hydrogen (secondary N) is 1. The lowest BCUT2D eigenvalue weighted by molar-refractivity contribution is -0.111. The molecule has 0 aliphatic carbocycles. The Kier molecular flexibility index (Phi) is 6.26. The number of hydrogen-bond acceptors (Lipinski definition) is 4. The number of rotatable bonds is 6. The summed E-state index contributed by atoms with van der Waals surface area (Å²) in [5.74, 6) is 1.66. The molecule has 0 saturated heterocycles. The largest absolute Gasteiger partial charge is 0.496 e. The molecule has 2 aromatic carbocycles. The van der Waals surface area contributed by atoms with Crippen LogP contribution < -0.4 is 19.5 Å². The van der Waals surface area contributed by atoms with Gasteiger partial charge in [-0.05, 0) is 51.8 Å². The van der Waals surface area contributed by atoms with Gasteiger partial charge in [0.25, 0.3) is 0 Å². The van der Waals surface area contributed by atoms with Crippen molar-refractivity contribution in [3.8, 4) is 17.2 Å². The van der Waals surface area contributed by atoms with E-state index in [1.807, 2.05) is 18.2 Å². The average molecular weight is 392 g/mol. The molecule has 6 heteroatoms. The minimum atomic E-state index is -0.242. The van der Waals surface area contributed by atoms with Crippen LogP contribution in [0.15, 0.2) is 46.9 Å². The van der Waals surface area contributed by atoms with Crippen LogP contribution >= 0.6 is 15.9 Å². The molecule has 2 rings (SSSR count). The third kappa shape index (κ3) is 4.52. The molecule has 5 nitrogen and oxygen atoms in total. The molecule has 0 aliphatic rings. The summed E-state index contributed by atoms with van der Waals surface area (Å²) in [4.78, 5) is 12.0. The molecule has 0 saturated carbocycles. The monoisotopic (exact) mass is 391 g/mol. The fourth-order valence-corrected chi connectivity index (χ4v) is 2.61. The fraction of sp³-hybridized carbons (Fsp3) is 0.167. The van der Waals surface area contributed by atoms with Crippen LogP contribution in [-0.2, 0) is 4.79 Å². The first kappa shape index (κ1) is 17.9. The maximum Gasteiger partial charge on any atom is 0.248 e. The van der Waals surface area contributed by atoms with Gasteiger partial charge < -0.3 is 19.5 Å². The van der Waals surface area contributed by atoms with Gasteiger partial charge in [-0.15, -0.1) is 0 Å². The molecule has 0 fully saturated rings. The van der Waals surface area contributed by atoms with Crippen LogP contribution in [0.4, 0.5) is 5.69 Å². The fourth-order valence-electron chi connectivity index (χ4n) is 2.06. The summed E-state index contributed by atoms with van der Waals surface area (Å²) < 4.78 is 16.4. The van der Waals surface area contributed by atoms with E-state index >= 15 is 0 Å². The molecule has 0 aromatic heterocycles. The lowest BCUT2D eigenvalue weighted by atomic mass is 10.2. The Morgan fingerprint density at radius 2 is 1.62 bits per heavy atom. The van der Waals surface area contributed by atoms with Gasteiger partial charge in [0.1, 0.15) is 5.75 Å². The second-order valence-corrected chi connectivity index (χ2v) is 5.64. The van der Waals surface area contributed by atoms with Crippen LogP contribution in [0.1, 0.15) is 5.56 Å². The lowest BCUT2D eigenvalue weighted by Crippen LogP contribution is -2.07. The minimum absolute atomic E-state index is 0.242. The van der Waals surface area contributed by atoms with E-state index in [1.54, 1.807) is 45.6 Å². The van der Waals surface area contributed by atoms with Crippen molar-refractivity contribution in [3.63, 3.8) is 0 Å². The molecule has 0 bridgehead atoms. The van der Waals surface area contributed by atoms with Gasteiger partial charge in [0, 0.05) is 17.8 Å². The summed E-state index contributed by atoms with van der Waals surface area (Å²) in [6, 6.07) is 10.8. The second kappa shape index (κ2) is 8.40. The van der Waals surface area contributed by atoms with Gasteiger partial charge in [0.05, 0.1) is 25.8 Å². The molecule has 0 unspecified atom stereocenters. The molecular formula is C18H18BrNO4. The van der Waals surface area contributed by atoms with Crippen LogP contribution in [0.3, 0.4) is 0 Å². The van der Waals surface area contributed by atoms with Crippen molar-refractivity contribution in [2.24, 2.45) is 0 Å². The topological polar surface area (TPSA) is 56.8 Å². The Balaban J connectivity index is 2.06. The molecular weight excluding hydrogens is 374 g/mol. The lowest BCUT2D eigenvalue weighted by Gasteiger charge is -2.09. The van der Waals surface area contributed by atoms with E-state index < -0.39 is 0 Å². The van der Waals surface area contributed by atoms with Crippen LogP contribution in [-0.4, -0.2) is 27.2 Å². The second-order valence-electron chi connectivity index (χ2n) is 4.79. The first-order chi connectivity index (χ1) is 11.6. The summed E-state index contributed by atoms with van der Waals surface area (Å²) >= 11 is 3.41. The van der Waals surface area contributed by atoms with Gasteiger partial charge in [-0.2, -0.15) is 0 Å². The van der Waals surface area contributed by atoms with Crippen molar-refractivity contribution in [1.82, 2.24) is 0 Å². The van der Waals surface area contributed by atoms with Gasteiger partial charge in [-0.3, -0.25) is 4.79 Å². The van der Waals surface area contributed by atoms with E-state index in [4.69, 9.17) is 14.2 Å². The SMILES string of the molecule is COc1ccc(C=CC(=O)Nc2ccc(OC)c(OC)c2)cc1Br. The molecule has 126 valence electrons. The Hall–Kier alpha value is -2.47. The predicted octanol–water partition coefficient (Wildman–Crippen LogP) is 4.13. The summed E-state index contributed by atoms with van der Waals surface area (Å²) in [5, 5.41) is 2.78. The number of carbonyl (C=O) groups excluding carboxylic acids is 1. The number of amides is 1. The highest BCUT2D eigenvalue weighted by molar-refractivity contribution is 9.10. The number of hydrogen-bond donors (Lipinski definition) is 1. The number of benzene rings is 2. The van der Waals surface area contributed by atoms with E-state index in [9.17, 15) is 4.79 Å². The van der Waals surface area contributed by atoms with Crippen LogP contribution in [0.5, 0.6) is 17.2 Å². The van der Waals surface area contributed by atoms with Gasteiger partial charge in [-0.1, -0.05) is 6.07 Å². The first-order valence-electron chi connectivity index (χ1n) is 7.12. The molecule has 24 heavy (non-hydrogen) atoms. The Labute approximate surface area is 149 Å². The van der Waals surface area contributed by atoms with Crippen molar-refractivity contribution < 1.29 is 19.0 Å². The Bertz CT molecular complexity index is 759. The zero-order chi connectivity index (χ0) is 17.5. The minimum Gasteiger partial charge on any atom is -0.496 e. The van der Waals surface area contributed by atoms with Crippen molar-refractivity contribution in [3.05, 3.63) is 52.5 Å². The molecule has 0 spiro atoms. The Morgan fingerprint density at radius 1 is 0.958 bits per heavy atom. The maximum absolute atomic E-state index is 12.0. The zero-order valence-electron chi connectivity index (χ0n) is 13.6. The molecule has 0 radical (unpaired) electrons. The summed E-state index contributed by atoms with van der Waals surface area (Å²) in [6.45, 7) is 0. The third-order valence-electron chi connectivity index (χ3n) is 3.25. The molecule has 0 aliphatic heterocycles. The molecule has 1 N–H and O–H groups in total. The zero-order valence-corrected chi connectivity index (χ0v) is 15.2. The standard InChI is InChI=1S/C18H18BrNO4/c1-22-15-7-4-12(10-14(15)19)5-9-18(21)20-13-6-8-16(23-2)17(11-13)24-3/h4-11H,1-3H3,(H,20,21). The van der Waals surface area contributed by atoms with Crippen molar-refractivity contribution >= 4 is 33.6 Å². The molecule has 0 heterocycles. The van der Waals surface area contributed by atoms with Gasteiger partial charge >= 0.3 is 0 Å². The van der Waals surface area contributed by atoms with E-state index in [1.165, 1.54) is 6.08 Å². The van der Waals surface area contributed by atoms with Gasteiger partial charge in [0.15, 0.2) is 11.5 Å². The van der Waals surface area contributed by atoms with Crippen LogP contribution in [0, 0.1) is 0 Å². The highest BCUT2D eigenvalue weighted by atomic mass is 79.9. The normalized spacial score (nSPS) is 10.5. The predicted molar refractivity (Wildman–Crippen MR) is 97.9 cm³/mol. The van der Waals surface area contributed by atoms with Gasteiger partial charge in [-0.25, -0.2) is 0 Å². The summed E-state index contributed by atoms with van der Waals surface area (Å²) in [6.07, 6.45) is 3.19. The number of anilines is 1. The van der Waals surface area contributed by atoms with E-state index in [2.05, 4.69) is 21.2 Å². The van der Waals surface area contributed by atoms with Crippen molar-refractivity contribution in [2.75, 3.05) is 26.6 Å². The highest BCUT2D eigenvalue weighted by Gasteiger charge is 2.06.